The molecule has 2 heterocycles. The first-order chi connectivity index (χ1) is 10.2. The van der Waals surface area contributed by atoms with Crippen LogP contribution in [0.4, 0.5) is 16.3 Å². The fraction of sp³-hybridized carbons (Fsp3) is 0.143. The van der Waals surface area contributed by atoms with Gasteiger partial charge in [0.15, 0.2) is 0 Å². The van der Waals surface area contributed by atoms with Gasteiger partial charge >= 0.3 is 6.09 Å². The Morgan fingerprint density at radius 3 is 2.62 bits per heavy atom. The monoisotopic (exact) mass is 285 g/mol. The van der Waals surface area contributed by atoms with Gasteiger partial charge in [-0.3, -0.25) is 15.0 Å². The SMILES string of the molecule is O=C1OCC(c2ccccc2)N1c1ccc([N+](=O)[O-])cn1. The highest BCUT2D eigenvalue weighted by Crippen LogP contribution is 2.32. The van der Waals surface area contributed by atoms with E-state index in [0.29, 0.717) is 5.82 Å². The minimum Gasteiger partial charge on any atom is -0.447 e. The quantitative estimate of drug-likeness (QED) is 0.639. The van der Waals surface area contributed by atoms with E-state index in [4.69, 9.17) is 4.74 Å². The molecule has 0 N–H and O–H groups in total. The summed E-state index contributed by atoms with van der Waals surface area (Å²) in [7, 11) is 0. The molecule has 0 bridgehead atoms. The summed E-state index contributed by atoms with van der Waals surface area (Å²) in [6.45, 7) is 0.224. The highest BCUT2D eigenvalue weighted by Gasteiger charge is 2.36. The summed E-state index contributed by atoms with van der Waals surface area (Å²) in [6, 6.07) is 11.9. The van der Waals surface area contributed by atoms with Crippen LogP contribution < -0.4 is 4.90 Å². The number of amides is 1. The predicted octanol–water partition coefficient (Wildman–Crippen LogP) is 2.69. The molecule has 1 unspecified atom stereocenters. The van der Waals surface area contributed by atoms with Crippen molar-refractivity contribution in [2.75, 3.05) is 11.5 Å². The fourth-order valence-corrected chi connectivity index (χ4v) is 2.22. The van der Waals surface area contributed by atoms with Gasteiger partial charge < -0.3 is 4.74 Å². The normalized spacial score (nSPS) is 17.6. The lowest BCUT2D eigenvalue weighted by Gasteiger charge is -2.20. The van der Waals surface area contributed by atoms with Crippen LogP contribution >= 0.6 is 0 Å². The van der Waals surface area contributed by atoms with Gasteiger partial charge in [-0.15, -0.1) is 0 Å². The van der Waals surface area contributed by atoms with Crippen LogP contribution in [0.5, 0.6) is 0 Å². The minimum atomic E-state index is -0.534. The van der Waals surface area contributed by atoms with Crippen molar-refractivity contribution in [2.45, 2.75) is 6.04 Å². The summed E-state index contributed by atoms with van der Waals surface area (Å²) in [4.78, 5) is 27.4. The molecule has 21 heavy (non-hydrogen) atoms. The van der Waals surface area contributed by atoms with Crippen LogP contribution in [0, 0.1) is 10.1 Å². The molecule has 3 rings (SSSR count). The second kappa shape index (κ2) is 5.20. The van der Waals surface area contributed by atoms with Gasteiger partial charge in [0.05, 0.1) is 4.92 Å². The van der Waals surface area contributed by atoms with E-state index in [1.165, 1.54) is 17.0 Å². The molecule has 1 saturated heterocycles. The predicted molar refractivity (Wildman–Crippen MR) is 73.9 cm³/mol. The molecule has 7 heteroatoms. The van der Waals surface area contributed by atoms with Crippen molar-refractivity contribution in [2.24, 2.45) is 0 Å². The maximum atomic E-state index is 11.9. The fourth-order valence-electron chi connectivity index (χ4n) is 2.22. The summed E-state index contributed by atoms with van der Waals surface area (Å²) in [6.07, 6.45) is 0.619. The number of aromatic nitrogens is 1. The molecule has 1 fully saturated rings. The second-order valence-corrected chi connectivity index (χ2v) is 4.51. The number of nitrogens with zero attached hydrogens (tertiary/aromatic N) is 3. The van der Waals surface area contributed by atoms with Crippen LogP contribution in [-0.4, -0.2) is 22.6 Å². The zero-order chi connectivity index (χ0) is 14.8. The van der Waals surface area contributed by atoms with Crippen LogP contribution in [0.3, 0.4) is 0 Å². The van der Waals surface area contributed by atoms with Gasteiger partial charge in [-0.05, 0) is 11.6 Å². The maximum absolute atomic E-state index is 11.9. The standard InChI is InChI=1S/C14H11N3O4/c18-14-16(13-7-6-11(8-15-13)17(19)20)12(9-21-14)10-4-2-1-3-5-10/h1-8,12H,9H2. The number of rotatable bonds is 3. The molecule has 0 saturated carbocycles. The molecule has 106 valence electrons. The van der Waals surface area contributed by atoms with Gasteiger partial charge in [-0.1, -0.05) is 30.3 Å². The third-order valence-electron chi connectivity index (χ3n) is 3.25. The van der Waals surface area contributed by atoms with E-state index >= 15 is 0 Å². The Labute approximate surface area is 119 Å². The number of benzene rings is 1. The van der Waals surface area contributed by atoms with Crippen LogP contribution in [0.2, 0.25) is 0 Å². The molecule has 1 aromatic heterocycles. The molecule has 1 aliphatic rings. The molecule has 2 aromatic rings. The Morgan fingerprint density at radius 1 is 1.24 bits per heavy atom. The number of nitro groups is 1. The van der Waals surface area contributed by atoms with Gasteiger partial charge in [-0.25, -0.2) is 9.78 Å². The van der Waals surface area contributed by atoms with Crippen molar-refractivity contribution < 1.29 is 14.5 Å². The summed E-state index contributed by atoms with van der Waals surface area (Å²) in [5.74, 6) is 0.331. The zero-order valence-electron chi connectivity index (χ0n) is 10.9. The van der Waals surface area contributed by atoms with Crippen LogP contribution in [-0.2, 0) is 4.74 Å². The van der Waals surface area contributed by atoms with Crippen LogP contribution in [0.25, 0.3) is 0 Å². The topological polar surface area (TPSA) is 85.6 Å². The number of cyclic esters (lactones) is 1. The van der Waals surface area contributed by atoms with E-state index in [0.717, 1.165) is 11.8 Å². The van der Waals surface area contributed by atoms with E-state index in [1.54, 1.807) is 0 Å². The van der Waals surface area contributed by atoms with E-state index in [9.17, 15) is 14.9 Å². The summed E-state index contributed by atoms with van der Waals surface area (Å²) in [5, 5.41) is 10.6. The lowest BCUT2D eigenvalue weighted by atomic mass is 10.1. The number of ether oxygens (including phenoxy) is 1. The van der Waals surface area contributed by atoms with Crippen molar-refractivity contribution in [1.82, 2.24) is 4.98 Å². The molecular weight excluding hydrogens is 274 g/mol. The van der Waals surface area contributed by atoms with Crippen molar-refractivity contribution in [3.05, 3.63) is 64.3 Å². The lowest BCUT2D eigenvalue weighted by molar-refractivity contribution is -0.385. The first-order valence-electron chi connectivity index (χ1n) is 6.28. The van der Waals surface area contributed by atoms with Gasteiger partial charge in [0.1, 0.15) is 24.7 Å². The number of carbonyl (C=O) groups is 1. The Kier molecular flexibility index (Phi) is 3.23. The summed E-state index contributed by atoms with van der Waals surface area (Å²) in [5.41, 5.74) is 0.797. The largest absolute Gasteiger partial charge is 0.447 e. The Balaban J connectivity index is 1.94. The molecular formula is C14H11N3O4. The summed E-state index contributed by atoms with van der Waals surface area (Å²) >= 11 is 0. The highest BCUT2D eigenvalue weighted by atomic mass is 16.6. The molecule has 0 aliphatic carbocycles. The average molecular weight is 285 g/mol. The van der Waals surface area contributed by atoms with E-state index in [2.05, 4.69) is 4.98 Å². The number of carbonyl (C=O) groups excluding carboxylic acids is 1. The highest BCUT2D eigenvalue weighted by molar-refractivity contribution is 5.89. The lowest BCUT2D eigenvalue weighted by Crippen LogP contribution is -2.28. The molecule has 1 atom stereocenters. The number of hydrogen-bond acceptors (Lipinski definition) is 5. The van der Waals surface area contributed by atoms with Crippen molar-refractivity contribution in [3.8, 4) is 0 Å². The third kappa shape index (κ3) is 2.40. The van der Waals surface area contributed by atoms with Gasteiger partial charge in [0.2, 0.25) is 0 Å². The van der Waals surface area contributed by atoms with Gasteiger partial charge in [-0.2, -0.15) is 0 Å². The average Bonchev–Trinajstić information content (AvgIpc) is 2.90. The number of hydrogen-bond donors (Lipinski definition) is 0. The zero-order valence-corrected chi connectivity index (χ0v) is 10.9. The van der Waals surface area contributed by atoms with Crippen LogP contribution in [0.15, 0.2) is 48.7 Å². The van der Waals surface area contributed by atoms with Crippen LogP contribution in [0.1, 0.15) is 11.6 Å². The van der Waals surface area contributed by atoms with Crippen molar-refractivity contribution in [3.63, 3.8) is 0 Å². The first-order valence-corrected chi connectivity index (χ1v) is 6.28. The second-order valence-electron chi connectivity index (χ2n) is 4.51. The van der Waals surface area contributed by atoms with Gasteiger partial charge in [0, 0.05) is 6.07 Å². The third-order valence-corrected chi connectivity index (χ3v) is 3.25. The maximum Gasteiger partial charge on any atom is 0.416 e. The molecule has 1 aliphatic heterocycles. The molecule has 1 aromatic carbocycles. The molecule has 0 radical (unpaired) electrons. The number of pyridine rings is 1. The molecule has 1 amide bonds. The van der Waals surface area contributed by atoms with E-state index < -0.39 is 11.0 Å². The minimum absolute atomic E-state index is 0.123. The van der Waals surface area contributed by atoms with Crippen molar-refractivity contribution in [1.29, 1.82) is 0 Å². The van der Waals surface area contributed by atoms with Crippen molar-refractivity contribution >= 4 is 17.6 Å². The smallest absolute Gasteiger partial charge is 0.416 e. The Hall–Kier alpha value is -2.96. The van der Waals surface area contributed by atoms with E-state index in [-0.39, 0.29) is 18.3 Å². The Bertz CT molecular complexity index is 672. The summed E-state index contributed by atoms with van der Waals surface area (Å²) < 4.78 is 5.08. The van der Waals surface area contributed by atoms with Gasteiger partial charge in [0.25, 0.3) is 5.69 Å². The molecule has 7 nitrogen and oxygen atoms in total. The first kappa shape index (κ1) is 13.0. The number of anilines is 1. The molecule has 0 spiro atoms. The van der Waals surface area contributed by atoms with E-state index in [1.807, 2.05) is 30.3 Å². The Morgan fingerprint density at radius 2 is 2.00 bits per heavy atom.